The van der Waals surface area contributed by atoms with Gasteiger partial charge in [-0.2, -0.15) is 0 Å². The first-order valence-corrected chi connectivity index (χ1v) is 9.54. The van der Waals surface area contributed by atoms with Gasteiger partial charge < -0.3 is 4.74 Å². The van der Waals surface area contributed by atoms with Crippen LogP contribution in [0.1, 0.15) is 62.4 Å². The molecule has 0 saturated carbocycles. The molecule has 2 aromatic rings. The van der Waals surface area contributed by atoms with Crippen molar-refractivity contribution in [1.29, 1.82) is 0 Å². The average Bonchev–Trinajstić information content (AvgIpc) is 2.66. The molecular weight excluding hydrogens is 308 g/mol. The minimum atomic E-state index is -0.262. The van der Waals surface area contributed by atoms with Crippen LogP contribution in [0.25, 0.3) is 11.1 Å². The fourth-order valence-electron chi connectivity index (χ4n) is 3.17. The molecule has 0 radical (unpaired) electrons. The molecule has 2 heteroatoms. The van der Waals surface area contributed by atoms with Crippen molar-refractivity contribution in [1.82, 2.24) is 0 Å². The molecule has 0 aliphatic rings. The first-order chi connectivity index (χ1) is 12.2. The lowest BCUT2D eigenvalue weighted by Gasteiger charge is -2.11. The van der Waals surface area contributed by atoms with Gasteiger partial charge in [0.15, 0.2) is 0 Å². The maximum Gasteiger partial charge on any atom is 0.338 e. The molecule has 0 atom stereocenters. The molecule has 0 fully saturated rings. The Morgan fingerprint density at radius 1 is 0.880 bits per heavy atom. The molecule has 2 aromatic carbocycles. The van der Waals surface area contributed by atoms with Crippen LogP contribution >= 0.6 is 0 Å². The molecule has 0 aliphatic carbocycles. The van der Waals surface area contributed by atoms with Gasteiger partial charge in [0.2, 0.25) is 0 Å². The van der Waals surface area contributed by atoms with Gasteiger partial charge in [-0.1, -0.05) is 69.5 Å². The van der Waals surface area contributed by atoms with Gasteiger partial charge in [-0.15, -0.1) is 0 Å². The second-order valence-corrected chi connectivity index (χ2v) is 6.57. The number of hydrogen-bond donors (Lipinski definition) is 0. The highest BCUT2D eigenvalue weighted by atomic mass is 16.5. The van der Waals surface area contributed by atoms with Crippen molar-refractivity contribution in [2.24, 2.45) is 5.92 Å². The Morgan fingerprint density at radius 2 is 1.44 bits per heavy atom. The molecule has 0 N–H and O–H groups in total. The topological polar surface area (TPSA) is 26.3 Å². The van der Waals surface area contributed by atoms with Gasteiger partial charge >= 0.3 is 5.97 Å². The molecule has 0 aliphatic heterocycles. The molecule has 2 nitrogen and oxygen atoms in total. The van der Waals surface area contributed by atoms with Gasteiger partial charge in [0.25, 0.3) is 0 Å². The highest BCUT2D eigenvalue weighted by Gasteiger charge is 2.07. The van der Waals surface area contributed by atoms with E-state index in [4.69, 9.17) is 4.74 Å². The van der Waals surface area contributed by atoms with Gasteiger partial charge in [-0.05, 0) is 54.5 Å². The largest absolute Gasteiger partial charge is 0.462 e. The molecule has 0 spiro atoms. The summed E-state index contributed by atoms with van der Waals surface area (Å²) >= 11 is 0. The van der Waals surface area contributed by atoms with Crippen LogP contribution in [-0.2, 0) is 11.2 Å². The minimum Gasteiger partial charge on any atom is -0.462 e. The van der Waals surface area contributed by atoms with E-state index in [0.717, 1.165) is 17.9 Å². The van der Waals surface area contributed by atoms with Crippen molar-refractivity contribution < 1.29 is 9.53 Å². The van der Waals surface area contributed by atoms with Crippen molar-refractivity contribution in [2.45, 2.75) is 52.9 Å². The van der Waals surface area contributed by atoms with Gasteiger partial charge in [-0.3, -0.25) is 0 Å². The van der Waals surface area contributed by atoms with Crippen molar-refractivity contribution in [3.63, 3.8) is 0 Å². The summed E-state index contributed by atoms with van der Waals surface area (Å²) in [6.45, 7) is 6.80. The van der Waals surface area contributed by atoms with Crippen LogP contribution in [-0.4, -0.2) is 12.6 Å². The lowest BCUT2D eigenvalue weighted by atomic mass is 9.94. The Labute approximate surface area is 152 Å². The maximum atomic E-state index is 11.7. The molecule has 0 heterocycles. The van der Waals surface area contributed by atoms with E-state index in [1.165, 1.54) is 36.8 Å². The van der Waals surface area contributed by atoms with Crippen LogP contribution in [0.4, 0.5) is 0 Å². The molecule has 0 aromatic heterocycles. The number of ether oxygens (including phenoxy) is 1. The van der Waals surface area contributed by atoms with Crippen LogP contribution in [0.2, 0.25) is 0 Å². The molecular formula is C23H30O2. The van der Waals surface area contributed by atoms with Crippen LogP contribution < -0.4 is 0 Å². The zero-order valence-electron chi connectivity index (χ0n) is 15.8. The number of carbonyl (C=O) groups excluding carboxylic acids is 1. The van der Waals surface area contributed by atoms with Crippen molar-refractivity contribution in [2.75, 3.05) is 6.61 Å². The summed E-state index contributed by atoms with van der Waals surface area (Å²) in [6.07, 6.45) is 6.32. The Kier molecular flexibility index (Phi) is 7.72. The van der Waals surface area contributed by atoms with E-state index in [0.29, 0.717) is 12.2 Å². The second kappa shape index (κ2) is 10.0. The van der Waals surface area contributed by atoms with Crippen LogP contribution in [0.5, 0.6) is 0 Å². The number of benzene rings is 2. The molecule has 0 unspecified atom stereocenters. The molecule has 0 bridgehead atoms. The molecule has 134 valence electrons. The fraction of sp³-hybridized carbons (Fsp3) is 0.435. The summed E-state index contributed by atoms with van der Waals surface area (Å²) in [7, 11) is 0. The summed E-state index contributed by atoms with van der Waals surface area (Å²) < 4.78 is 5.02. The van der Waals surface area contributed by atoms with Crippen LogP contribution in [0.3, 0.4) is 0 Å². The molecule has 25 heavy (non-hydrogen) atoms. The van der Waals surface area contributed by atoms with Crippen molar-refractivity contribution >= 4 is 5.97 Å². The maximum absolute atomic E-state index is 11.7. The van der Waals surface area contributed by atoms with E-state index in [-0.39, 0.29) is 5.97 Å². The SMILES string of the molecule is CCOC(=O)c1ccc(-c2ccc(CCCC(CC)CC)cc2)cc1. The molecule has 0 amide bonds. The van der Waals surface area contributed by atoms with Crippen molar-refractivity contribution in [3.8, 4) is 11.1 Å². The Hall–Kier alpha value is -2.09. The standard InChI is InChI=1S/C23H30O2/c1-4-18(5-2)8-7-9-19-10-12-20(13-11-19)21-14-16-22(17-15-21)23(24)25-6-3/h10-18H,4-9H2,1-3H3. The van der Waals surface area contributed by atoms with E-state index in [2.05, 4.69) is 38.1 Å². The molecule has 0 saturated heterocycles. The van der Waals surface area contributed by atoms with E-state index in [1.54, 1.807) is 0 Å². The first-order valence-electron chi connectivity index (χ1n) is 9.54. The summed E-state index contributed by atoms with van der Waals surface area (Å²) in [5, 5.41) is 0. The smallest absolute Gasteiger partial charge is 0.338 e. The Bertz CT molecular complexity index is 637. The normalized spacial score (nSPS) is 10.9. The van der Waals surface area contributed by atoms with Crippen LogP contribution in [0.15, 0.2) is 48.5 Å². The lowest BCUT2D eigenvalue weighted by molar-refractivity contribution is 0.0526. The van der Waals surface area contributed by atoms with Crippen molar-refractivity contribution in [3.05, 3.63) is 59.7 Å². The third-order valence-electron chi connectivity index (χ3n) is 4.92. The van der Waals surface area contributed by atoms with E-state index >= 15 is 0 Å². The summed E-state index contributed by atoms with van der Waals surface area (Å²) in [6, 6.07) is 16.4. The predicted octanol–water partition coefficient (Wildman–Crippen LogP) is 6.29. The van der Waals surface area contributed by atoms with Gasteiger partial charge in [0.1, 0.15) is 0 Å². The molecule has 2 rings (SSSR count). The number of aryl methyl sites for hydroxylation is 1. The first kappa shape index (κ1) is 19.2. The van der Waals surface area contributed by atoms with E-state index in [9.17, 15) is 4.79 Å². The zero-order valence-corrected chi connectivity index (χ0v) is 15.8. The van der Waals surface area contributed by atoms with Crippen LogP contribution in [0, 0.1) is 5.92 Å². The van der Waals surface area contributed by atoms with Gasteiger partial charge in [0, 0.05) is 0 Å². The monoisotopic (exact) mass is 338 g/mol. The summed E-state index contributed by atoms with van der Waals surface area (Å²) in [5.41, 5.74) is 4.30. The van der Waals surface area contributed by atoms with Gasteiger partial charge in [-0.25, -0.2) is 4.79 Å². The fourth-order valence-corrected chi connectivity index (χ4v) is 3.17. The number of hydrogen-bond acceptors (Lipinski definition) is 2. The number of carbonyl (C=O) groups is 1. The number of rotatable bonds is 9. The summed E-state index contributed by atoms with van der Waals surface area (Å²) in [4.78, 5) is 11.7. The Morgan fingerprint density at radius 3 is 1.96 bits per heavy atom. The van der Waals surface area contributed by atoms with E-state index in [1.807, 2.05) is 31.2 Å². The summed E-state index contributed by atoms with van der Waals surface area (Å²) in [5.74, 6) is 0.610. The van der Waals surface area contributed by atoms with E-state index < -0.39 is 0 Å². The average molecular weight is 338 g/mol. The minimum absolute atomic E-state index is 0.262. The zero-order chi connectivity index (χ0) is 18.1. The second-order valence-electron chi connectivity index (χ2n) is 6.57. The third kappa shape index (κ3) is 5.74. The highest BCUT2D eigenvalue weighted by molar-refractivity contribution is 5.90. The number of esters is 1. The lowest BCUT2D eigenvalue weighted by Crippen LogP contribution is -2.03. The predicted molar refractivity (Wildman–Crippen MR) is 105 cm³/mol. The van der Waals surface area contributed by atoms with Gasteiger partial charge in [0.05, 0.1) is 12.2 Å². The quantitative estimate of drug-likeness (QED) is 0.502. The Balaban J connectivity index is 1.94. The third-order valence-corrected chi connectivity index (χ3v) is 4.92. The highest BCUT2D eigenvalue weighted by Crippen LogP contribution is 2.22.